The summed E-state index contributed by atoms with van der Waals surface area (Å²) >= 11 is 0. The van der Waals surface area contributed by atoms with Crippen molar-refractivity contribution in [1.29, 1.82) is 0 Å². The quantitative estimate of drug-likeness (QED) is 0.291. The molecule has 0 aromatic rings. The van der Waals surface area contributed by atoms with Crippen molar-refractivity contribution in [2.45, 2.75) is 0 Å². The summed E-state index contributed by atoms with van der Waals surface area (Å²) in [5.41, 5.74) is 0. The Balaban J connectivity index is -0.0000000133. The van der Waals surface area contributed by atoms with Crippen LogP contribution in [-0.2, 0) is 41.7 Å². The third-order valence-corrected chi connectivity index (χ3v) is 0. The van der Waals surface area contributed by atoms with Gasteiger partial charge in [0, 0.05) is 37.1 Å². The Morgan fingerprint density at radius 2 is 1.12 bits per heavy atom. The van der Waals surface area contributed by atoms with Crippen LogP contribution in [0.15, 0.2) is 0 Å². The molecule has 0 aliphatic heterocycles. The molecule has 0 fully saturated rings. The molecule has 0 saturated heterocycles. The van der Waals surface area contributed by atoms with Gasteiger partial charge >= 0.3 is 37.4 Å². The number of phosphoric acid groups is 1. The molecule has 0 heterocycles. The summed E-state index contributed by atoms with van der Waals surface area (Å²) in [6.45, 7) is 0. The fraction of sp³-hybridized carbons (Fsp3) is 0. The van der Waals surface area contributed by atoms with E-state index < -0.39 is 7.82 Å². The SMILES string of the molecule is O=P(O)(O)O.[H-].[Na+].[V].[V]. The minimum atomic E-state index is -4.64. The first-order valence-electron chi connectivity index (χ1n) is 0.783. The molecule has 0 aliphatic carbocycles. The van der Waals surface area contributed by atoms with Crippen molar-refractivity contribution in [2.24, 2.45) is 0 Å². The Bertz CT molecular complexity index is 64.7. The van der Waals surface area contributed by atoms with E-state index in [0.29, 0.717) is 0 Å². The van der Waals surface area contributed by atoms with E-state index in [1.165, 1.54) is 0 Å². The van der Waals surface area contributed by atoms with Gasteiger partial charge in [-0.25, -0.2) is 4.57 Å². The number of rotatable bonds is 0. The van der Waals surface area contributed by atoms with Crippen molar-refractivity contribution in [3.8, 4) is 0 Å². The van der Waals surface area contributed by atoms with Crippen LogP contribution in [0.1, 0.15) is 1.43 Å². The molecule has 44 valence electrons. The van der Waals surface area contributed by atoms with E-state index in [4.69, 9.17) is 19.2 Å². The maximum atomic E-state index is 8.88. The van der Waals surface area contributed by atoms with Crippen LogP contribution < -0.4 is 29.6 Å². The minimum Gasteiger partial charge on any atom is -1.00 e. The van der Waals surface area contributed by atoms with E-state index >= 15 is 0 Å². The van der Waals surface area contributed by atoms with Gasteiger partial charge < -0.3 is 16.1 Å². The minimum absolute atomic E-state index is 0. The van der Waals surface area contributed by atoms with E-state index in [1.807, 2.05) is 0 Å². The summed E-state index contributed by atoms with van der Waals surface area (Å²) in [4.78, 5) is 21.6. The van der Waals surface area contributed by atoms with Gasteiger partial charge in [0.1, 0.15) is 0 Å². The van der Waals surface area contributed by atoms with Crippen LogP contribution in [0.25, 0.3) is 0 Å². The summed E-state index contributed by atoms with van der Waals surface area (Å²) in [6, 6.07) is 0. The Kier molecular flexibility index (Phi) is 26.0. The van der Waals surface area contributed by atoms with E-state index in [1.54, 1.807) is 0 Å². The fourth-order valence-corrected chi connectivity index (χ4v) is 0. The van der Waals surface area contributed by atoms with Crippen molar-refractivity contribution in [1.82, 2.24) is 0 Å². The van der Waals surface area contributed by atoms with Crippen molar-refractivity contribution < 1.29 is 87.3 Å². The molecule has 8 heavy (non-hydrogen) atoms. The summed E-state index contributed by atoms with van der Waals surface area (Å²) in [7, 11) is -4.64. The molecule has 0 atom stereocenters. The summed E-state index contributed by atoms with van der Waals surface area (Å²) in [5, 5.41) is 0. The van der Waals surface area contributed by atoms with E-state index in [9.17, 15) is 0 Å². The smallest absolute Gasteiger partial charge is 1.00 e. The van der Waals surface area contributed by atoms with Crippen LogP contribution in [0, 0.1) is 0 Å². The van der Waals surface area contributed by atoms with Crippen molar-refractivity contribution >= 4 is 7.82 Å². The second-order valence-electron chi connectivity index (χ2n) is 0.513. The third-order valence-electron chi connectivity index (χ3n) is 0. The van der Waals surface area contributed by atoms with Crippen LogP contribution in [0.3, 0.4) is 0 Å². The van der Waals surface area contributed by atoms with Crippen LogP contribution in [0.5, 0.6) is 0 Å². The average molecular weight is 224 g/mol. The molecule has 0 unspecified atom stereocenters. The normalized spacial score (nSPS) is 7.38. The van der Waals surface area contributed by atoms with Crippen molar-refractivity contribution in [3.63, 3.8) is 0 Å². The molecule has 0 aliphatic rings. The molecule has 2 radical (unpaired) electrons. The third kappa shape index (κ3) is 84.5. The van der Waals surface area contributed by atoms with Crippen LogP contribution in [0.2, 0.25) is 0 Å². The van der Waals surface area contributed by atoms with E-state index in [0.717, 1.165) is 0 Å². The Hall–Kier alpha value is 2.28. The largest absolute Gasteiger partial charge is 1.00 e. The molecule has 0 bridgehead atoms. The molecule has 0 spiro atoms. The van der Waals surface area contributed by atoms with E-state index in [2.05, 4.69) is 0 Å². The van der Waals surface area contributed by atoms with Crippen molar-refractivity contribution in [3.05, 3.63) is 0 Å². The number of hydrogen-bond acceptors (Lipinski definition) is 1. The van der Waals surface area contributed by atoms with Gasteiger partial charge in [-0.3, -0.25) is 0 Å². The first-order chi connectivity index (χ1) is 2.00. The molecule has 0 aromatic carbocycles. The topological polar surface area (TPSA) is 77.8 Å². The predicted molar refractivity (Wildman–Crippen MR) is 15.4 cm³/mol. The molecule has 0 rings (SSSR count). The second-order valence-corrected chi connectivity index (χ2v) is 1.54. The van der Waals surface area contributed by atoms with Gasteiger partial charge in [-0.1, -0.05) is 0 Å². The van der Waals surface area contributed by atoms with Crippen LogP contribution in [0.4, 0.5) is 0 Å². The maximum Gasteiger partial charge on any atom is 1.00 e. The van der Waals surface area contributed by atoms with Crippen LogP contribution in [-0.4, -0.2) is 14.7 Å². The Morgan fingerprint density at radius 1 is 1.12 bits per heavy atom. The molecule has 0 amide bonds. The van der Waals surface area contributed by atoms with Gasteiger partial charge in [0.2, 0.25) is 0 Å². The maximum absolute atomic E-state index is 8.88. The standard InChI is InChI=1S/Na.H3O4P.2V.H/c;1-5(2,3)4;;;/h;(H3,1,2,3,4);;;/q+1;;;;-1. The summed E-state index contributed by atoms with van der Waals surface area (Å²) in [6.07, 6.45) is 0. The molecule has 0 aromatic heterocycles. The fourth-order valence-electron chi connectivity index (χ4n) is 0. The van der Waals surface area contributed by atoms with Gasteiger partial charge in [0.15, 0.2) is 0 Å². The number of hydrogen-bond donors (Lipinski definition) is 3. The molecular formula is H4NaO4PV2. The molecular weight excluding hydrogens is 220 g/mol. The van der Waals surface area contributed by atoms with Crippen molar-refractivity contribution in [2.75, 3.05) is 0 Å². The van der Waals surface area contributed by atoms with Gasteiger partial charge in [0.25, 0.3) is 0 Å². The van der Waals surface area contributed by atoms with Gasteiger partial charge in [-0.05, 0) is 0 Å². The summed E-state index contributed by atoms with van der Waals surface area (Å²) in [5.74, 6) is 0. The summed E-state index contributed by atoms with van der Waals surface area (Å²) < 4.78 is 8.88. The average Bonchev–Trinajstić information content (AvgIpc) is 0.722. The van der Waals surface area contributed by atoms with Crippen LogP contribution >= 0.6 is 7.82 Å². The molecule has 4 nitrogen and oxygen atoms in total. The predicted octanol–water partition coefficient (Wildman–Crippen LogP) is -3.82. The van der Waals surface area contributed by atoms with Gasteiger partial charge in [0.05, 0.1) is 0 Å². The Morgan fingerprint density at radius 3 is 1.12 bits per heavy atom. The zero-order valence-electron chi connectivity index (χ0n) is 5.09. The Labute approximate surface area is 94.2 Å². The second kappa shape index (κ2) is 9.28. The van der Waals surface area contributed by atoms with E-state index in [-0.39, 0.29) is 68.1 Å². The molecule has 0 saturated carbocycles. The zero-order valence-corrected chi connectivity index (χ0v) is 9.78. The monoisotopic (exact) mass is 224 g/mol. The molecule has 3 N–H and O–H groups in total. The molecule has 8 heteroatoms. The van der Waals surface area contributed by atoms with Gasteiger partial charge in [-0.2, -0.15) is 0 Å². The first kappa shape index (κ1) is 22.4. The zero-order chi connectivity index (χ0) is 4.50. The van der Waals surface area contributed by atoms with Gasteiger partial charge in [-0.15, -0.1) is 0 Å². The first-order valence-corrected chi connectivity index (χ1v) is 2.35.